The van der Waals surface area contributed by atoms with E-state index in [0.29, 0.717) is 17.4 Å². The molecule has 0 aliphatic heterocycles. The van der Waals surface area contributed by atoms with E-state index in [2.05, 4.69) is 5.32 Å². The first-order valence-corrected chi connectivity index (χ1v) is 11.7. The fourth-order valence-electron chi connectivity index (χ4n) is 3.08. The van der Waals surface area contributed by atoms with Gasteiger partial charge in [-0.25, -0.2) is 8.42 Å². The molecule has 0 heterocycles. The Balaban J connectivity index is 1.93. The summed E-state index contributed by atoms with van der Waals surface area (Å²) in [6.45, 7) is 0.556. The lowest BCUT2D eigenvalue weighted by Gasteiger charge is -2.26. The average Bonchev–Trinajstić information content (AvgIpc) is 2.60. The summed E-state index contributed by atoms with van der Waals surface area (Å²) in [5, 5.41) is 3.61. The average molecular weight is 385 g/mol. The van der Waals surface area contributed by atoms with Gasteiger partial charge in [0.1, 0.15) is 6.04 Å². The molecule has 1 aliphatic rings. The summed E-state index contributed by atoms with van der Waals surface area (Å²) in [4.78, 5) is 12.7. The molecular formula is C18H28N2O3S2. The van der Waals surface area contributed by atoms with E-state index in [0.717, 1.165) is 16.3 Å². The third-order valence-corrected chi connectivity index (χ3v) is 7.20. The van der Waals surface area contributed by atoms with Crippen LogP contribution in [0, 0.1) is 0 Å². The van der Waals surface area contributed by atoms with E-state index in [-0.39, 0.29) is 5.91 Å². The molecule has 0 saturated heterocycles. The number of likely N-dealkylation sites (N-methyl/N-ethyl adjacent to an activating group) is 1. The Kier molecular flexibility index (Phi) is 7.78. The van der Waals surface area contributed by atoms with Gasteiger partial charge in [0.2, 0.25) is 15.9 Å². The monoisotopic (exact) mass is 384 g/mol. The Hall–Kier alpha value is -1.05. The highest BCUT2D eigenvalue weighted by Gasteiger charge is 2.30. The summed E-state index contributed by atoms with van der Waals surface area (Å²) in [5.41, 5.74) is 0.674. The van der Waals surface area contributed by atoms with E-state index in [1.165, 1.54) is 39.2 Å². The maximum Gasteiger partial charge on any atom is 0.243 e. The molecule has 1 atom stereocenters. The SMILES string of the molecule is CN([C@H](C(=O)NCCSC1CCCCC1)c1ccccc1)S(C)(=O)=O. The highest BCUT2D eigenvalue weighted by molar-refractivity contribution is 7.99. The van der Waals surface area contributed by atoms with Crippen molar-refractivity contribution in [1.29, 1.82) is 0 Å². The molecule has 1 amide bonds. The number of benzene rings is 1. The molecule has 0 aromatic heterocycles. The van der Waals surface area contributed by atoms with Crippen LogP contribution in [0.1, 0.15) is 43.7 Å². The number of rotatable bonds is 8. The van der Waals surface area contributed by atoms with E-state index in [4.69, 9.17) is 0 Å². The van der Waals surface area contributed by atoms with E-state index < -0.39 is 16.1 Å². The highest BCUT2D eigenvalue weighted by Crippen LogP contribution is 2.28. The zero-order valence-electron chi connectivity index (χ0n) is 15.0. The molecule has 2 rings (SSSR count). The molecule has 0 unspecified atom stereocenters. The Bertz CT molecular complexity index is 644. The smallest absolute Gasteiger partial charge is 0.243 e. The van der Waals surface area contributed by atoms with Crippen LogP contribution in [0.4, 0.5) is 0 Å². The first-order valence-electron chi connectivity index (χ1n) is 8.77. The second-order valence-electron chi connectivity index (χ2n) is 6.51. The molecule has 1 aromatic rings. The molecule has 140 valence electrons. The van der Waals surface area contributed by atoms with Crippen LogP contribution in [-0.2, 0) is 14.8 Å². The van der Waals surface area contributed by atoms with Crippen LogP contribution in [0.15, 0.2) is 30.3 Å². The van der Waals surface area contributed by atoms with E-state index >= 15 is 0 Å². The largest absolute Gasteiger partial charge is 0.354 e. The first-order chi connectivity index (χ1) is 11.9. The molecule has 5 nitrogen and oxygen atoms in total. The lowest BCUT2D eigenvalue weighted by Crippen LogP contribution is -2.41. The van der Waals surface area contributed by atoms with Gasteiger partial charge in [0, 0.05) is 24.6 Å². The molecular weight excluding hydrogens is 356 g/mol. The number of amides is 1. The van der Waals surface area contributed by atoms with Crippen molar-refractivity contribution in [2.75, 3.05) is 25.6 Å². The van der Waals surface area contributed by atoms with E-state index in [9.17, 15) is 13.2 Å². The van der Waals surface area contributed by atoms with Gasteiger partial charge >= 0.3 is 0 Å². The summed E-state index contributed by atoms with van der Waals surface area (Å²) in [7, 11) is -2.03. The molecule has 0 spiro atoms. The first kappa shape index (κ1) is 20.3. The Morgan fingerprint density at radius 3 is 2.48 bits per heavy atom. The number of sulfonamides is 1. The predicted molar refractivity (Wildman–Crippen MR) is 104 cm³/mol. The topological polar surface area (TPSA) is 66.5 Å². The van der Waals surface area contributed by atoms with Crippen molar-refractivity contribution >= 4 is 27.7 Å². The van der Waals surface area contributed by atoms with Gasteiger partial charge in [0.05, 0.1) is 6.26 Å². The van der Waals surface area contributed by atoms with Crippen molar-refractivity contribution in [3.8, 4) is 0 Å². The van der Waals surface area contributed by atoms with E-state index in [1.807, 2.05) is 30.0 Å². The van der Waals surface area contributed by atoms with Crippen molar-refractivity contribution in [2.24, 2.45) is 0 Å². The van der Waals surface area contributed by atoms with Gasteiger partial charge in [-0.1, -0.05) is 49.6 Å². The zero-order chi connectivity index (χ0) is 18.3. The summed E-state index contributed by atoms with van der Waals surface area (Å²) < 4.78 is 25.0. The van der Waals surface area contributed by atoms with Crippen molar-refractivity contribution in [1.82, 2.24) is 9.62 Å². The third-order valence-electron chi connectivity index (χ3n) is 4.56. The summed E-state index contributed by atoms with van der Waals surface area (Å²) >= 11 is 1.91. The fraction of sp³-hybridized carbons (Fsp3) is 0.611. The lowest BCUT2D eigenvalue weighted by molar-refractivity contribution is -0.124. The van der Waals surface area contributed by atoms with Crippen LogP contribution in [-0.4, -0.2) is 49.5 Å². The summed E-state index contributed by atoms with van der Waals surface area (Å²) in [6.07, 6.45) is 7.60. The molecule has 1 aromatic carbocycles. The summed E-state index contributed by atoms with van der Waals surface area (Å²) in [5.74, 6) is 0.587. The standard InChI is InChI=1S/C18H28N2O3S2/c1-20(25(2,22)23)17(15-9-5-3-6-10-15)18(21)19-13-14-24-16-11-7-4-8-12-16/h3,5-6,9-10,16-17H,4,7-8,11-14H2,1-2H3,(H,19,21)/t17-/m0/s1. The van der Waals surface area contributed by atoms with Crippen LogP contribution in [0.25, 0.3) is 0 Å². The normalized spacial score (nSPS) is 17.4. The van der Waals surface area contributed by atoms with Gasteiger partial charge < -0.3 is 5.32 Å². The lowest BCUT2D eigenvalue weighted by atomic mass is 10.0. The van der Waals surface area contributed by atoms with Crippen LogP contribution in [0.5, 0.6) is 0 Å². The van der Waals surface area contributed by atoms with Gasteiger partial charge in [0.15, 0.2) is 0 Å². The van der Waals surface area contributed by atoms with Gasteiger partial charge in [-0.2, -0.15) is 16.1 Å². The number of carbonyl (C=O) groups excluding carboxylic acids is 1. The third kappa shape index (κ3) is 6.31. The number of thioether (sulfide) groups is 1. The fourth-order valence-corrected chi connectivity index (χ4v) is 4.90. The van der Waals surface area contributed by atoms with Gasteiger partial charge in [-0.3, -0.25) is 4.79 Å². The molecule has 1 N–H and O–H groups in total. The van der Waals surface area contributed by atoms with Gasteiger partial charge in [-0.05, 0) is 18.4 Å². The Morgan fingerprint density at radius 1 is 1.24 bits per heavy atom. The molecule has 1 fully saturated rings. The second kappa shape index (κ2) is 9.59. The molecule has 25 heavy (non-hydrogen) atoms. The predicted octanol–water partition coefficient (Wildman–Crippen LogP) is 2.80. The molecule has 1 saturated carbocycles. The number of nitrogens with one attached hydrogen (secondary N) is 1. The molecule has 1 aliphatic carbocycles. The maximum absolute atomic E-state index is 12.7. The van der Waals surface area contributed by atoms with Crippen LogP contribution in [0.3, 0.4) is 0 Å². The minimum atomic E-state index is -3.48. The minimum absolute atomic E-state index is 0.275. The highest BCUT2D eigenvalue weighted by atomic mass is 32.2. The van der Waals surface area contributed by atoms with Gasteiger partial charge in [-0.15, -0.1) is 0 Å². The zero-order valence-corrected chi connectivity index (χ0v) is 16.6. The molecule has 0 bridgehead atoms. The van der Waals surface area contributed by atoms with Crippen LogP contribution in [0.2, 0.25) is 0 Å². The van der Waals surface area contributed by atoms with Crippen molar-refractivity contribution < 1.29 is 13.2 Å². The minimum Gasteiger partial charge on any atom is -0.354 e. The maximum atomic E-state index is 12.7. The van der Waals surface area contributed by atoms with Crippen LogP contribution < -0.4 is 5.32 Å². The van der Waals surface area contributed by atoms with Gasteiger partial charge in [0.25, 0.3) is 0 Å². The quantitative estimate of drug-likeness (QED) is 0.700. The molecule has 0 radical (unpaired) electrons. The summed E-state index contributed by atoms with van der Waals surface area (Å²) in [6, 6.07) is 8.19. The number of carbonyl (C=O) groups is 1. The van der Waals surface area contributed by atoms with Crippen LogP contribution >= 0.6 is 11.8 Å². The Morgan fingerprint density at radius 2 is 1.88 bits per heavy atom. The van der Waals surface area contributed by atoms with E-state index in [1.54, 1.807) is 12.1 Å². The number of hydrogen-bond donors (Lipinski definition) is 1. The second-order valence-corrected chi connectivity index (χ2v) is 9.96. The van der Waals surface area contributed by atoms with Crippen molar-refractivity contribution in [3.05, 3.63) is 35.9 Å². The molecule has 7 heteroatoms. The number of nitrogens with zero attached hydrogens (tertiary/aromatic N) is 1. The van der Waals surface area contributed by atoms with Crippen molar-refractivity contribution in [3.63, 3.8) is 0 Å². The van der Waals surface area contributed by atoms with Crippen molar-refractivity contribution in [2.45, 2.75) is 43.4 Å². The Labute approximate surface area is 155 Å². The number of hydrogen-bond acceptors (Lipinski definition) is 4.